The second kappa shape index (κ2) is 6.21. The summed E-state index contributed by atoms with van der Waals surface area (Å²) in [5.74, 6) is 0.922. The van der Waals surface area contributed by atoms with Crippen molar-refractivity contribution in [1.82, 2.24) is 15.5 Å². The predicted molar refractivity (Wildman–Crippen MR) is 71.5 cm³/mol. The van der Waals surface area contributed by atoms with Gasteiger partial charge in [0, 0.05) is 18.8 Å². The van der Waals surface area contributed by atoms with Gasteiger partial charge in [0.2, 0.25) is 0 Å². The van der Waals surface area contributed by atoms with Crippen LogP contribution in [0.1, 0.15) is 31.1 Å². The van der Waals surface area contributed by atoms with Crippen LogP contribution >= 0.6 is 0 Å². The summed E-state index contributed by atoms with van der Waals surface area (Å²) in [5.41, 5.74) is 2.31. The lowest BCUT2D eigenvalue weighted by atomic mass is 10.2. The zero-order chi connectivity index (χ0) is 12.8. The highest BCUT2D eigenvalue weighted by Gasteiger charge is 2.05. The maximum Gasteiger partial charge on any atom is 0.119 e. The fourth-order valence-electron chi connectivity index (χ4n) is 1.80. The van der Waals surface area contributed by atoms with Crippen LogP contribution in [-0.2, 0) is 6.54 Å². The maximum atomic E-state index is 5.48. The molecule has 0 saturated carbocycles. The molecule has 1 aromatic carbocycles. The molecule has 18 heavy (non-hydrogen) atoms. The molecule has 1 aromatic heterocycles. The molecule has 1 unspecified atom stereocenters. The maximum absolute atomic E-state index is 5.48. The summed E-state index contributed by atoms with van der Waals surface area (Å²) in [6.45, 7) is 5.60. The fraction of sp³-hybridized carbons (Fsp3) is 0.357. The van der Waals surface area contributed by atoms with Gasteiger partial charge in [0.1, 0.15) is 5.75 Å². The lowest BCUT2D eigenvalue weighted by Crippen LogP contribution is -2.18. The van der Waals surface area contributed by atoms with Gasteiger partial charge in [0.15, 0.2) is 0 Å². The SMILES string of the molecule is CCOc1cccc(CNC(C)c2ccn[nH]2)c1. The van der Waals surface area contributed by atoms with Gasteiger partial charge in [-0.05, 0) is 37.6 Å². The number of ether oxygens (including phenoxy) is 1. The number of benzene rings is 1. The molecule has 1 heterocycles. The highest BCUT2D eigenvalue weighted by molar-refractivity contribution is 5.28. The average molecular weight is 245 g/mol. The third kappa shape index (κ3) is 3.34. The molecule has 4 nitrogen and oxygen atoms in total. The number of rotatable bonds is 6. The minimum atomic E-state index is 0.253. The first-order valence-corrected chi connectivity index (χ1v) is 6.24. The second-order valence-corrected chi connectivity index (χ2v) is 4.19. The third-order valence-corrected chi connectivity index (χ3v) is 2.81. The van der Waals surface area contributed by atoms with E-state index in [-0.39, 0.29) is 6.04 Å². The van der Waals surface area contributed by atoms with Crippen molar-refractivity contribution in [3.63, 3.8) is 0 Å². The molecule has 96 valence electrons. The van der Waals surface area contributed by atoms with E-state index in [4.69, 9.17) is 4.74 Å². The molecule has 0 radical (unpaired) electrons. The smallest absolute Gasteiger partial charge is 0.119 e. The van der Waals surface area contributed by atoms with Gasteiger partial charge in [-0.25, -0.2) is 0 Å². The number of aromatic nitrogens is 2. The highest BCUT2D eigenvalue weighted by atomic mass is 16.5. The van der Waals surface area contributed by atoms with Crippen LogP contribution < -0.4 is 10.1 Å². The summed E-state index contributed by atoms with van der Waals surface area (Å²) in [6.07, 6.45) is 1.77. The molecule has 2 aromatic rings. The van der Waals surface area contributed by atoms with Crippen molar-refractivity contribution in [2.24, 2.45) is 0 Å². The van der Waals surface area contributed by atoms with Crippen molar-refractivity contribution in [1.29, 1.82) is 0 Å². The van der Waals surface area contributed by atoms with E-state index in [0.29, 0.717) is 6.61 Å². The van der Waals surface area contributed by atoms with Gasteiger partial charge in [0.25, 0.3) is 0 Å². The molecule has 0 spiro atoms. The Morgan fingerprint density at radius 1 is 1.39 bits per heavy atom. The van der Waals surface area contributed by atoms with E-state index >= 15 is 0 Å². The molecule has 0 aliphatic carbocycles. The van der Waals surface area contributed by atoms with Crippen LogP contribution in [0.25, 0.3) is 0 Å². The number of nitrogens with zero attached hydrogens (tertiary/aromatic N) is 1. The van der Waals surface area contributed by atoms with Crippen molar-refractivity contribution in [2.75, 3.05) is 6.61 Å². The first-order valence-electron chi connectivity index (χ1n) is 6.24. The van der Waals surface area contributed by atoms with Crippen LogP contribution in [0.4, 0.5) is 0 Å². The summed E-state index contributed by atoms with van der Waals surface area (Å²) in [7, 11) is 0. The van der Waals surface area contributed by atoms with Crippen LogP contribution in [0.2, 0.25) is 0 Å². The second-order valence-electron chi connectivity index (χ2n) is 4.19. The van der Waals surface area contributed by atoms with Crippen molar-refractivity contribution < 1.29 is 4.74 Å². The van der Waals surface area contributed by atoms with Crippen molar-refractivity contribution in [3.05, 3.63) is 47.8 Å². The monoisotopic (exact) mass is 245 g/mol. The van der Waals surface area contributed by atoms with Gasteiger partial charge in [-0.15, -0.1) is 0 Å². The van der Waals surface area contributed by atoms with Gasteiger partial charge in [-0.2, -0.15) is 5.10 Å². The molecule has 0 aliphatic heterocycles. The number of H-pyrrole nitrogens is 1. The van der Waals surface area contributed by atoms with E-state index in [2.05, 4.69) is 34.6 Å². The molecule has 0 aliphatic rings. The Kier molecular flexibility index (Phi) is 4.36. The van der Waals surface area contributed by atoms with E-state index < -0.39 is 0 Å². The summed E-state index contributed by atoms with van der Waals surface area (Å²) < 4.78 is 5.48. The quantitative estimate of drug-likeness (QED) is 0.822. The Labute approximate surface area is 107 Å². The van der Waals surface area contributed by atoms with Crippen molar-refractivity contribution >= 4 is 0 Å². The summed E-state index contributed by atoms with van der Waals surface area (Å²) >= 11 is 0. The number of aromatic amines is 1. The first-order chi connectivity index (χ1) is 8.79. The number of nitrogens with one attached hydrogen (secondary N) is 2. The summed E-state index contributed by atoms with van der Waals surface area (Å²) in [5, 5.41) is 10.4. The zero-order valence-electron chi connectivity index (χ0n) is 10.8. The van der Waals surface area contributed by atoms with Gasteiger partial charge >= 0.3 is 0 Å². The average Bonchev–Trinajstić information content (AvgIpc) is 2.91. The van der Waals surface area contributed by atoms with Gasteiger partial charge < -0.3 is 10.1 Å². The zero-order valence-corrected chi connectivity index (χ0v) is 10.8. The standard InChI is InChI=1S/C14H19N3O/c1-3-18-13-6-4-5-12(9-13)10-15-11(2)14-7-8-16-17-14/h4-9,11,15H,3,10H2,1-2H3,(H,16,17). The molecule has 0 bridgehead atoms. The predicted octanol–water partition coefficient (Wildman–Crippen LogP) is 2.66. The number of hydrogen-bond acceptors (Lipinski definition) is 3. The van der Waals surface area contributed by atoms with E-state index in [9.17, 15) is 0 Å². The summed E-state index contributed by atoms with van der Waals surface area (Å²) in [6, 6.07) is 10.4. The van der Waals surface area contributed by atoms with Gasteiger partial charge in [-0.3, -0.25) is 5.10 Å². The minimum absolute atomic E-state index is 0.253. The molecular weight excluding hydrogens is 226 g/mol. The molecule has 4 heteroatoms. The van der Waals surface area contributed by atoms with Crippen molar-refractivity contribution in [2.45, 2.75) is 26.4 Å². The lowest BCUT2D eigenvalue weighted by Gasteiger charge is -2.12. The Hall–Kier alpha value is -1.81. The largest absolute Gasteiger partial charge is 0.494 e. The Bertz CT molecular complexity index is 468. The topological polar surface area (TPSA) is 49.9 Å². The minimum Gasteiger partial charge on any atom is -0.494 e. The molecule has 1 atom stereocenters. The van der Waals surface area contributed by atoms with Crippen LogP contribution in [0, 0.1) is 0 Å². The third-order valence-electron chi connectivity index (χ3n) is 2.81. The van der Waals surface area contributed by atoms with Gasteiger partial charge in [0.05, 0.1) is 12.3 Å². The van der Waals surface area contributed by atoms with E-state index in [0.717, 1.165) is 18.0 Å². The number of hydrogen-bond donors (Lipinski definition) is 2. The normalized spacial score (nSPS) is 12.3. The van der Waals surface area contributed by atoms with Crippen LogP contribution in [0.15, 0.2) is 36.5 Å². The summed E-state index contributed by atoms with van der Waals surface area (Å²) in [4.78, 5) is 0. The van der Waals surface area contributed by atoms with E-state index in [1.165, 1.54) is 5.56 Å². The van der Waals surface area contributed by atoms with E-state index in [1.54, 1.807) is 6.20 Å². The van der Waals surface area contributed by atoms with Crippen LogP contribution in [0.5, 0.6) is 5.75 Å². The Morgan fingerprint density at radius 3 is 3.00 bits per heavy atom. The fourth-order valence-corrected chi connectivity index (χ4v) is 1.80. The van der Waals surface area contributed by atoms with Gasteiger partial charge in [-0.1, -0.05) is 12.1 Å². The van der Waals surface area contributed by atoms with Crippen LogP contribution in [0.3, 0.4) is 0 Å². The molecule has 2 rings (SSSR count). The molecule has 0 amide bonds. The lowest BCUT2D eigenvalue weighted by molar-refractivity contribution is 0.339. The highest BCUT2D eigenvalue weighted by Crippen LogP contribution is 2.14. The Balaban J connectivity index is 1.91. The molecule has 0 fully saturated rings. The molecule has 0 saturated heterocycles. The van der Waals surface area contributed by atoms with Crippen LogP contribution in [-0.4, -0.2) is 16.8 Å². The molecular formula is C14H19N3O. The Morgan fingerprint density at radius 2 is 2.28 bits per heavy atom. The van der Waals surface area contributed by atoms with E-state index in [1.807, 2.05) is 25.1 Å². The first kappa shape index (κ1) is 12.6. The van der Waals surface area contributed by atoms with Crippen molar-refractivity contribution in [3.8, 4) is 5.75 Å². The molecule has 2 N–H and O–H groups in total.